The molecule has 0 aromatic carbocycles. The fraction of sp³-hybridized carbons (Fsp3) is 0.733. The van der Waals surface area contributed by atoms with Gasteiger partial charge < -0.3 is 14.5 Å². The van der Waals surface area contributed by atoms with Gasteiger partial charge in [0.25, 0.3) is 11.8 Å². The Balaban J connectivity index is 1.67. The van der Waals surface area contributed by atoms with E-state index in [-0.39, 0.29) is 18.7 Å². The third-order valence-electron chi connectivity index (χ3n) is 4.52. The number of ether oxygens (including phenoxy) is 1. The van der Waals surface area contributed by atoms with Crippen molar-refractivity contribution < 1.29 is 28.8 Å². The van der Waals surface area contributed by atoms with Crippen LogP contribution < -0.4 is 0 Å². The molecule has 3 rings (SSSR count). The molecular weight excluding hydrogens is 318 g/mol. The minimum absolute atomic E-state index is 0.0439. The molecule has 0 N–H and O–H groups in total. The molecule has 0 aliphatic carbocycles. The topological polar surface area (TPSA) is 96.5 Å². The molecule has 132 valence electrons. The summed E-state index contributed by atoms with van der Waals surface area (Å²) in [6.07, 6.45) is 1.41. The summed E-state index contributed by atoms with van der Waals surface area (Å²) in [4.78, 5) is 56.3. The van der Waals surface area contributed by atoms with E-state index in [9.17, 15) is 19.2 Å². The number of imide groups is 1. The van der Waals surface area contributed by atoms with Crippen LogP contribution in [0.1, 0.15) is 32.1 Å². The summed E-state index contributed by atoms with van der Waals surface area (Å²) in [5, 5.41) is 0.521. The number of hydroxylamine groups is 2. The summed E-state index contributed by atoms with van der Waals surface area (Å²) >= 11 is 0. The monoisotopic (exact) mass is 339 g/mol. The Morgan fingerprint density at radius 3 is 2.33 bits per heavy atom. The zero-order chi connectivity index (χ0) is 17.1. The van der Waals surface area contributed by atoms with Crippen LogP contribution in [-0.4, -0.2) is 77.6 Å². The number of amides is 4. The van der Waals surface area contributed by atoms with Gasteiger partial charge in [-0.25, -0.2) is 4.79 Å². The highest BCUT2D eigenvalue weighted by atomic mass is 16.7. The van der Waals surface area contributed by atoms with Gasteiger partial charge in [0, 0.05) is 32.5 Å². The van der Waals surface area contributed by atoms with Gasteiger partial charge in [-0.05, 0) is 19.3 Å². The van der Waals surface area contributed by atoms with E-state index in [2.05, 4.69) is 0 Å². The highest BCUT2D eigenvalue weighted by Gasteiger charge is 2.39. The molecule has 0 bridgehead atoms. The maximum absolute atomic E-state index is 12.7. The molecule has 0 aromatic rings. The molecule has 9 nitrogen and oxygen atoms in total. The molecule has 3 fully saturated rings. The third-order valence-corrected chi connectivity index (χ3v) is 4.52. The Kier molecular flexibility index (Phi) is 4.98. The van der Waals surface area contributed by atoms with E-state index >= 15 is 0 Å². The lowest BCUT2D eigenvalue weighted by Gasteiger charge is -2.38. The number of piperidine rings is 1. The molecule has 3 heterocycles. The summed E-state index contributed by atoms with van der Waals surface area (Å²) in [5.41, 5.74) is 0. The van der Waals surface area contributed by atoms with Crippen molar-refractivity contribution in [2.75, 3.05) is 32.8 Å². The minimum Gasteiger partial charge on any atom is -0.378 e. The minimum atomic E-state index is -0.815. The van der Waals surface area contributed by atoms with E-state index in [1.54, 1.807) is 4.90 Å². The first kappa shape index (κ1) is 16.7. The molecule has 0 spiro atoms. The smallest absolute Gasteiger partial charge is 0.378 e. The number of likely N-dealkylation sites (tertiary alicyclic amines) is 1. The Hall–Kier alpha value is -2.16. The van der Waals surface area contributed by atoms with Crippen molar-refractivity contribution in [2.45, 2.75) is 38.1 Å². The second-order valence-electron chi connectivity index (χ2n) is 6.08. The van der Waals surface area contributed by atoms with Crippen LogP contribution in [-0.2, 0) is 24.0 Å². The van der Waals surface area contributed by atoms with Crippen molar-refractivity contribution in [1.82, 2.24) is 14.9 Å². The predicted molar refractivity (Wildman–Crippen MR) is 79.3 cm³/mol. The van der Waals surface area contributed by atoms with Gasteiger partial charge in [-0.1, -0.05) is 0 Å². The lowest BCUT2D eigenvalue weighted by atomic mass is 10.0. The first-order chi connectivity index (χ1) is 11.6. The molecule has 24 heavy (non-hydrogen) atoms. The number of nitrogens with zero attached hydrogens (tertiary/aromatic N) is 3. The maximum Gasteiger partial charge on any atom is 0.435 e. The molecule has 1 atom stereocenters. The zero-order valence-corrected chi connectivity index (χ0v) is 13.4. The van der Waals surface area contributed by atoms with E-state index in [4.69, 9.17) is 9.57 Å². The number of hydrogen-bond donors (Lipinski definition) is 0. The van der Waals surface area contributed by atoms with Crippen LogP contribution >= 0.6 is 0 Å². The number of morpholine rings is 1. The van der Waals surface area contributed by atoms with Gasteiger partial charge in [-0.2, -0.15) is 0 Å². The molecule has 3 saturated heterocycles. The predicted octanol–water partition coefficient (Wildman–Crippen LogP) is -0.0997. The largest absolute Gasteiger partial charge is 0.435 e. The second kappa shape index (κ2) is 7.16. The van der Waals surface area contributed by atoms with Crippen molar-refractivity contribution in [3.8, 4) is 0 Å². The second-order valence-corrected chi connectivity index (χ2v) is 6.08. The van der Waals surface area contributed by atoms with E-state index in [0.717, 1.165) is 12.8 Å². The summed E-state index contributed by atoms with van der Waals surface area (Å²) in [6.45, 7) is 2.35. The molecule has 3 aliphatic rings. The number of rotatable bonds is 2. The van der Waals surface area contributed by atoms with Gasteiger partial charge >= 0.3 is 6.09 Å². The van der Waals surface area contributed by atoms with Crippen molar-refractivity contribution in [3.05, 3.63) is 0 Å². The standard InChI is InChI=1S/C15H21N3O6/c19-12-4-5-13(20)18(12)24-15(22)17-6-2-1-3-11(17)14(21)16-7-9-23-10-8-16/h11H,1-10H2. The van der Waals surface area contributed by atoms with Crippen molar-refractivity contribution >= 4 is 23.8 Å². The summed E-state index contributed by atoms with van der Waals surface area (Å²) in [7, 11) is 0. The van der Waals surface area contributed by atoms with Gasteiger partial charge in [0.15, 0.2) is 0 Å². The van der Waals surface area contributed by atoms with Crippen molar-refractivity contribution in [1.29, 1.82) is 0 Å². The molecule has 0 aromatic heterocycles. The first-order valence-corrected chi connectivity index (χ1v) is 8.29. The average Bonchev–Trinajstić information content (AvgIpc) is 2.93. The van der Waals surface area contributed by atoms with Gasteiger partial charge in [-0.15, -0.1) is 5.06 Å². The fourth-order valence-electron chi connectivity index (χ4n) is 3.19. The Morgan fingerprint density at radius 2 is 1.67 bits per heavy atom. The first-order valence-electron chi connectivity index (χ1n) is 8.29. The van der Waals surface area contributed by atoms with Crippen molar-refractivity contribution in [2.24, 2.45) is 0 Å². The van der Waals surface area contributed by atoms with Crippen LogP contribution in [0.4, 0.5) is 4.79 Å². The number of hydrogen-bond acceptors (Lipinski definition) is 6. The summed E-state index contributed by atoms with van der Waals surface area (Å²) in [5.74, 6) is -1.18. The van der Waals surface area contributed by atoms with Crippen LogP contribution in [0.25, 0.3) is 0 Å². The number of carbonyl (C=O) groups excluding carboxylic acids is 4. The lowest BCUT2D eigenvalue weighted by Crippen LogP contribution is -2.56. The summed E-state index contributed by atoms with van der Waals surface area (Å²) < 4.78 is 5.24. The maximum atomic E-state index is 12.7. The van der Waals surface area contributed by atoms with Crippen LogP contribution in [0.3, 0.4) is 0 Å². The molecule has 0 radical (unpaired) electrons. The fourth-order valence-corrected chi connectivity index (χ4v) is 3.19. The molecule has 9 heteroatoms. The van der Waals surface area contributed by atoms with Gasteiger partial charge in [0.2, 0.25) is 5.91 Å². The van der Waals surface area contributed by atoms with Crippen LogP contribution in [0, 0.1) is 0 Å². The van der Waals surface area contributed by atoms with Gasteiger partial charge in [-0.3, -0.25) is 19.3 Å². The lowest BCUT2D eigenvalue weighted by molar-refractivity contribution is -0.175. The molecule has 0 saturated carbocycles. The summed E-state index contributed by atoms with van der Waals surface area (Å²) in [6, 6.07) is -0.614. The van der Waals surface area contributed by atoms with E-state index in [1.165, 1.54) is 4.90 Å². The normalized spacial score (nSPS) is 25.2. The molecule has 1 unspecified atom stereocenters. The zero-order valence-electron chi connectivity index (χ0n) is 13.4. The van der Waals surface area contributed by atoms with E-state index in [0.29, 0.717) is 44.3 Å². The van der Waals surface area contributed by atoms with Crippen molar-refractivity contribution in [3.63, 3.8) is 0 Å². The SMILES string of the molecule is O=C(C1CCCCN1C(=O)ON1C(=O)CCC1=O)N1CCOCC1. The van der Waals surface area contributed by atoms with Gasteiger partial charge in [0.05, 0.1) is 13.2 Å². The van der Waals surface area contributed by atoms with E-state index < -0.39 is 23.9 Å². The van der Waals surface area contributed by atoms with Crippen LogP contribution in [0.2, 0.25) is 0 Å². The van der Waals surface area contributed by atoms with Crippen LogP contribution in [0.5, 0.6) is 0 Å². The highest BCUT2D eigenvalue weighted by Crippen LogP contribution is 2.22. The molecule has 3 aliphatic heterocycles. The Bertz CT molecular complexity index is 529. The van der Waals surface area contributed by atoms with Crippen LogP contribution in [0.15, 0.2) is 0 Å². The third kappa shape index (κ3) is 3.35. The Morgan fingerprint density at radius 1 is 1.00 bits per heavy atom. The van der Waals surface area contributed by atoms with Gasteiger partial charge in [0.1, 0.15) is 6.04 Å². The number of carbonyl (C=O) groups is 4. The molecule has 4 amide bonds. The highest BCUT2D eigenvalue weighted by molar-refractivity contribution is 6.01. The average molecular weight is 339 g/mol. The quantitative estimate of drug-likeness (QED) is 0.652. The molecular formula is C15H21N3O6. The Labute approximate surface area is 139 Å². The van der Waals surface area contributed by atoms with E-state index in [1.807, 2.05) is 0 Å².